The minimum Gasteiger partial charge on any atom is -0.458 e. The van der Waals surface area contributed by atoms with Crippen molar-refractivity contribution in [1.82, 2.24) is 20.2 Å². The number of aromatic nitrogens is 2. The summed E-state index contributed by atoms with van der Waals surface area (Å²) in [5.41, 5.74) is -0.462. The maximum atomic E-state index is 12.4. The molecule has 2 atom stereocenters. The molecule has 0 bridgehead atoms. The highest BCUT2D eigenvalue weighted by Gasteiger charge is 2.48. The van der Waals surface area contributed by atoms with Gasteiger partial charge < -0.3 is 24.7 Å². The smallest absolute Gasteiger partial charge is 0.408 e. The molecule has 0 aliphatic heterocycles. The van der Waals surface area contributed by atoms with Crippen molar-refractivity contribution in [3.63, 3.8) is 0 Å². The van der Waals surface area contributed by atoms with Crippen molar-refractivity contribution in [2.45, 2.75) is 70.6 Å². The van der Waals surface area contributed by atoms with Gasteiger partial charge in [-0.25, -0.2) is 9.78 Å². The minimum atomic E-state index is -0.689. The van der Waals surface area contributed by atoms with E-state index in [-0.39, 0.29) is 6.54 Å². The van der Waals surface area contributed by atoms with E-state index in [9.17, 15) is 9.59 Å². The summed E-state index contributed by atoms with van der Waals surface area (Å²) in [7, 11) is 1.77. The SMILES string of the molecule is CNC(=S)C1(n2cnc(C)c2)CCCCC1OC(=O)CNC(=O)OC(C)(C)C. The first-order valence-corrected chi connectivity index (χ1v) is 9.89. The number of carbonyl (C=O) groups is 2. The molecule has 156 valence electrons. The van der Waals surface area contributed by atoms with Crippen molar-refractivity contribution in [1.29, 1.82) is 0 Å². The Morgan fingerprint density at radius 1 is 1.39 bits per heavy atom. The lowest BCUT2D eigenvalue weighted by molar-refractivity contribution is -0.154. The summed E-state index contributed by atoms with van der Waals surface area (Å²) in [4.78, 5) is 29.1. The summed E-state index contributed by atoms with van der Waals surface area (Å²) in [5, 5.41) is 5.50. The van der Waals surface area contributed by atoms with Gasteiger partial charge in [0, 0.05) is 13.2 Å². The van der Waals surface area contributed by atoms with Crippen LogP contribution in [0.5, 0.6) is 0 Å². The van der Waals surface area contributed by atoms with Gasteiger partial charge in [0.1, 0.15) is 28.8 Å². The molecule has 1 aromatic rings. The number of hydrogen-bond donors (Lipinski definition) is 2. The Morgan fingerprint density at radius 3 is 2.68 bits per heavy atom. The standard InChI is InChI=1S/C19H30N4O4S/c1-13-11-23(12-22-13)19(16(28)20-5)9-7-6-8-14(19)26-15(24)10-21-17(25)27-18(2,3)4/h11-12,14H,6-10H2,1-5H3,(H,20,28)(H,21,25). The third-order valence-corrected chi connectivity index (χ3v) is 5.21. The van der Waals surface area contributed by atoms with Gasteiger partial charge >= 0.3 is 12.1 Å². The number of ether oxygens (including phenoxy) is 2. The van der Waals surface area contributed by atoms with E-state index in [4.69, 9.17) is 21.7 Å². The Morgan fingerprint density at radius 2 is 2.11 bits per heavy atom. The zero-order valence-corrected chi connectivity index (χ0v) is 18.0. The number of rotatable bonds is 5. The quantitative estimate of drug-likeness (QED) is 0.569. The van der Waals surface area contributed by atoms with Crippen molar-refractivity contribution >= 4 is 29.3 Å². The molecule has 1 aromatic heterocycles. The van der Waals surface area contributed by atoms with Crippen LogP contribution in [0.15, 0.2) is 12.5 Å². The van der Waals surface area contributed by atoms with E-state index in [1.165, 1.54) is 0 Å². The molecule has 0 radical (unpaired) electrons. The van der Waals surface area contributed by atoms with Crippen LogP contribution in [-0.2, 0) is 19.8 Å². The number of imidazole rings is 1. The second-order valence-corrected chi connectivity index (χ2v) is 8.41. The number of aryl methyl sites for hydroxylation is 1. The zero-order valence-electron chi connectivity index (χ0n) is 17.2. The molecule has 2 N–H and O–H groups in total. The van der Waals surface area contributed by atoms with Gasteiger partial charge in [0.2, 0.25) is 0 Å². The molecule has 0 aromatic carbocycles. The average molecular weight is 411 g/mol. The third-order valence-electron chi connectivity index (χ3n) is 4.65. The van der Waals surface area contributed by atoms with Crippen molar-refractivity contribution in [2.24, 2.45) is 0 Å². The molecule has 1 aliphatic carbocycles. The lowest BCUT2D eigenvalue weighted by atomic mass is 9.78. The number of alkyl carbamates (subject to hydrolysis) is 1. The molecular weight excluding hydrogens is 380 g/mol. The molecule has 2 rings (SSSR count). The lowest BCUT2D eigenvalue weighted by Gasteiger charge is -2.44. The number of nitrogens with zero attached hydrogens (tertiary/aromatic N) is 2. The minimum absolute atomic E-state index is 0.267. The molecule has 0 saturated heterocycles. The molecular formula is C19H30N4O4S. The first-order chi connectivity index (χ1) is 13.1. The second kappa shape index (κ2) is 8.89. The summed E-state index contributed by atoms with van der Waals surface area (Å²) >= 11 is 5.63. The molecule has 1 heterocycles. The second-order valence-electron chi connectivity index (χ2n) is 8.01. The van der Waals surface area contributed by atoms with Crippen LogP contribution in [0, 0.1) is 6.92 Å². The van der Waals surface area contributed by atoms with Crippen LogP contribution in [0.3, 0.4) is 0 Å². The van der Waals surface area contributed by atoms with Crippen molar-refractivity contribution in [3.05, 3.63) is 18.2 Å². The number of hydrogen-bond acceptors (Lipinski definition) is 6. The number of amides is 1. The van der Waals surface area contributed by atoms with Gasteiger partial charge in [-0.05, 0) is 47.0 Å². The molecule has 8 nitrogen and oxygen atoms in total. The predicted molar refractivity (Wildman–Crippen MR) is 109 cm³/mol. The van der Waals surface area contributed by atoms with E-state index in [0.29, 0.717) is 11.4 Å². The Labute approximate surface area is 171 Å². The van der Waals surface area contributed by atoms with Gasteiger partial charge in [0.05, 0.1) is 12.0 Å². The average Bonchev–Trinajstić information content (AvgIpc) is 3.05. The summed E-state index contributed by atoms with van der Waals surface area (Å²) in [6, 6.07) is 0. The Bertz CT molecular complexity index is 728. The van der Waals surface area contributed by atoms with Crippen LogP contribution in [0.25, 0.3) is 0 Å². The highest BCUT2D eigenvalue weighted by molar-refractivity contribution is 7.80. The third kappa shape index (κ3) is 5.21. The number of nitrogens with one attached hydrogen (secondary N) is 2. The van der Waals surface area contributed by atoms with Crippen LogP contribution in [-0.4, -0.2) is 51.9 Å². The van der Waals surface area contributed by atoms with Crippen LogP contribution < -0.4 is 10.6 Å². The summed E-state index contributed by atoms with van der Waals surface area (Å²) < 4.78 is 12.9. The van der Waals surface area contributed by atoms with E-state index in [0.717, 1.165) is 25.0 Å². The highest BCUT2D eigenvalue weighted by Crippen LogP contribution is 2.38. The fourth-order valence-corrected chi connectivity index (χ4v) is 3.81. The summed E-state index contributed by atoms with van der Waals surface area (Å²) in [5.74, 6) is -0.530. The zero-order chi connectivity index (χ0) is 20.9. The Hall–Kier alpha value is -2.16. The molecule has 1 amide bonds. The number of thiocarbonyl (C=S) groups is 1. The van der Waals surface area contributed by atoms with Crippen LogP contribution in [0.2, 0.25) is 0 Å². The van der Waals surface area contributed by atoms with Crippen molar-refractivity contribution in [3.8, 4) is 0 Å². The number of likely N-dealkylation sites (N-methyl/N-ethyl adjacent to an activating group) is 1. The molecule has 2 unspecified atom stereocenters. The maximum Gasteiger partial charge on any atom is 0.408 e. The molecule has 1 saturated carbocycles. The predicted octanol–water partition coefficient (Wildman–Crippen LogP) is 2.44. The number of esters is 1. The van der Waals surface area contributed by atoms with Gasteiger partial charge in [0.15, 0.2) is 0 Å². The fourth-order valence-electron chi connectivity index (χ4n) is 3.47. The van der Waals surface area contributed by atoms with Gasteiger partial charge in [-0.15, -0.1) is 0 Å². The maximum absolute atomic E-state index is 12.4. The summed E-state index contributed by atoms with van der Waals surface area (Å²) in [6.45, 7) is 6.91. The van der Waals surface area contributed by atoms with Crippen molar-refractivity contribution in [2.75, 3.05) is 13.6 Å². The van der Waals surface area contributed by atoms with Gasteiger partial charge in [-0.2, -0.15) is 0 Å². The normalized spacial score (nSPS) is 22.2. The Balaban J connectivity index is 2.13. The van der Waals surface area contributed by atoms with Crippen LogP contribution >= 0.6 is 12.2 Å². The largest absolute Gasteiger partial charge is 0.458 e. The summed E-state index contributed by atoms with van der Waals surface area (Å²) in [6.07, 6.45) is 5.83. The first kappa shape index (κ1) is 22.1. The topological polar surface area (TPSA) is 94.5 Å². The molecule has 1 fully saturated rings. The molecule has 28 heavy (non-hydrogen) atoms. The monoisotopic (exact) mass is 410 g/mol. The van der Waals surface area contributed by atoms with E-state index >= 15 is 0 Å². The highest BCUT2D eigenvalue weighted by atomic mass is 32.1. The van der Waals surface area contributed by atoms with Crippen molar-refractivity contribution < 1.29 is 19.1 Å². The number of carbonyl (C=O) groups excluding carboxylic acids is 2. The Kier molecular flexibility index (Phi) is 7.03. The molecule has 0 spiro atoms. The first-order valence-electron chi connectivity index (χ1n) is 9.48. The fraction of sp³-hybridized carbons (Fsp3) is 0.684. The van der Waals surface area contributed by atoms with Gasteiger partial charge in [-0.1, -0.05) is 18.6 Å². The van der Waals surface area contributed by atoms with Gasteiger partial charge in [-0.3, -0.25) is 4.79 Å². The van der Waals surface area contributed by atoms with E-state index in [2.05, 4.69) is 15.6 Å². The lowest BCUT2D eigenvalue weighted by Crippen LogP contribution is -2.57. The van der Waals surface area contributed by atoms with E-state index in [1.807, 2.05) is 17.7 Å². The van der Waals surface area contributed by atoms with E-state index < -0.39 is 29.3 Å². The molecule has 9 heteroatoms. The van der Waals surface area contributed by atoms with Gasteiger partial charge in [0.25, 0.3) is 0 Å². The van der Waals surface area contributed by atoms with Crippen LogP contribution in [0.1, 0.15) is 52.1 Å². The van der Waals surface area contributed by atoms with E-state index in [1.54, 1.807) is 34.1 Å². The van der Waals surface area contributed by atoms with Crippen LogP contribution in [0.4, 0.5) is 4.79 Å². The molecule has 1 aliphatic rings.